The van der Waals surface area contributed by atoms with Crippen LogP contribution in [0.1, 0.15) is 12.8 Å². The molecule has 0 heterocycles. The largest absolute Gasteiger partial charge is 0.396 e. The Balaban J connectivity index is 2.06. The number of aliphatic hydroxyl groups excluding tert-OH is 2. The number of hydrogen-bond acceptors (Lipinski definition) is 2. The molecular weight excluding hydrogens is 183 g/mol. The van der Waals surface area contributed by atoms with Crippen LogP contribution in [0.3, 0.4) is 0 Å². The smallest absolute Gasteiger partial charge is 0.118 e. The van der Waals surface area contributed by atoms with Gasteiger partial charge in [0.2, 0.25) is 0 Å². The molecule has 0 amide bonds. The molecule has 0 spiro atoms. The molecule has 78 valence electrons. The van der Waals surface area contributed by atoms with E-state index in [0.29, 0.717) is 6.42 Å². The first kappa shape index (κ1) is 9.87. The Bertz CT molecular complexity index is 285. The first-order chi connectivity index (χ1) is 6.73. The number of halogens is 1. The average Bonchev–Trinajstić information content (AvgIpc) is 2.94. The lowest BCUT2D eigenvalue weighted by atomic mass is 9.82. The Morgan fingerprint density at radius 2 is 2.29 bits per heavy atom. The van der Waals surface area contributed by atoms with Gasteiger partial charge in [0, 0.05) is 18.6 Å². The molecule has 0 aromatic carbocycles. The molecule has 0 radical (unpaired) electrons. The molecule has 2 aliphatic rings. The van der Waals surface area contributed by atoms with Crippen LogP contribution in [0.5, 0.6) is 0 Å². The van der Waals surface area contributed by atoms with E-state index in [9.17, 15) is 9.50 Å². The highest BCUT2D eigenvalue weighted by molar-refractivity contribution is 5.23. The summed E-state index contributed by atoms with van der Waals surface area (Å²) in [5.41, 5.74) is -0.178. The summed E-state index contributed by atoms with van der Waals surface area (Å²) in [6, 6.07) is 0. The molecule has 0 bridgehead atoms. The predicted octanol–water partition coefficient (Wildman–Crippen LogP) is 1.41. The molecule has 2 N–H and O–H groups in total. The van der Waals surface area contributed by atoms with Crippen molar-refractivity contribution < 1.29 is 14.6 Å². The molecule has 2 aliphatic carbocycles. The minimum Gasteiger partial charge on any atom is -0.396 e. The van der Waals surface area contributed by atoms with Crippen LogP contribution in [0.2, 0.25) is 0 Å². The van der Waals surface area contributed by atoms with E-state index in [1.165, 1.54) is 6.08 Å². The van der Waals surface area contributed by atoms with Crippen molar-refractivity contribution in [2.75, 3.05) is 13.2 Å². The Labute approximate surface area is 82.8 Å². The highest BCUT2D eigenvalue weighted by atomic mass is 19.1. The van der Waals surface area contributed by atoms with Crippen LogP contribution < -0.4 is 0 Å². The summed E-state index contributed by atoms with van der Waals surface area (Å²) in [6.07, 6.45) is 6.32. The molecule has 3 heteroatoms. The van der Waals surface area contributed by atoms with E-state index < -0.39 is 0 Å². The molecule has 0 saturated heterocycles. The second kappa shape index (κ2) is 3.48. The van der Waals surface area contributed by atoms with E-state index in [2.05, 4.69) is 0 Å². The fourth-order valence-electron chi connectivity index (χ4n) is 2.43. The van der Waals surface area contributed by atoms with Crippen molar-refractivity contribution in [3.63, 3.8) is 0 Å². The summed E-state index contributed by atoms with van der Waals surface area (Å²) in [7, 11) is 0. The number of hydrogen-bond donors (Lipinski definition) is 2. The standard InChI is InChI=1S/C11H15FO2/c12-10-3-1-8(2-4-10)11(7-14)5-9(11)6-13/h1,3-4,8-9,13-14H,2,5-7H2/t8?,9-,11+/m0/s1. The highest BCUT2D eigenvalue weighted by Crippen LogP contribution is 2.59. The fraction of sp³-hybridized carbons (Fsp3) is 0.636. The first-order valence-corrected chi connectivity index (χ1v) is 4.98. The van der Waals surface area contributed by atoms with Crippen LogP contribution >= 0.6 is 0 Å². The molecule has 1 saturated carbocycles. The fourth-order valence-corrected chi connectivity index (χ4v) is 2.43. The quantitative estimate of drug-likeness (QED) is 0.719. The van der Waals surface area contributed by atoms with Crippen LogP contribution in [0.4, 0.5) is 4.39 Å². The van der Waals surface area contributed by atoms with Crippen molar-refractivity contribution in [2.45, 2.75) is 12.8 Å². The van der Waals surface area contributed by atoms with Crippen LogP contribution in [0.25, 0.3) is 0 Å². The van der Waals surface area contributed by atoms with Gasteiger partial charge >= 0.3 is 0 Å². The maximum absolute atomic E-state index is 12.7. The molecule has 14 heavy (non-hydrogen) atoms. The summed E-state index contributed by atoms with van der Waals surface area (Å²) in [5.74, 6) is 0.177. The van der Waals surface area contributed by atoms with Crippen LogP contribution in [-0.2, 0) is 0 Å². The van der Waals surface area contributed by atoms with Crippen LogP contribution in [-0.4, -0.2) is 23.4 Å². The molecular formula is C11H15FO2. The molecule has 0 aromatic rings. The van der Waals surface area contributed by atoms with Gasteiger partial charge in [-0.1, -0.05) is 6.08 Å². The van der Waals surface area contributed by atoms with Gasteiger partial charge in [-0.3, -0.25) is 0 Å². The normalized spacial score (nSPS) is 40.9. The number of rotatable bonds is 3. The van der Waals surface area contributed by atoms with Gasteiger partial charge in [0.15, 0.2) is 0 Å². The SMILES string of the molecule is OC[C@@H]1C[C@@]1(CO)C1C=CC(F)=CC1. The van der Waals surface area contributed by atoms with Gasteiger partial charge < -0.3 is 10.2 Å². The van der Waals surface area contributed by atoms with Crippen molar-refractivity contribution in [3.05, 3.63) is 24.1 Å². The van der Waals surface area contributed by atoms with Crippen LogP contribution in [0.15, 0.2) is 24.1 Å². The molecule has 1 fully saturated rings. The predicted molar refractivity (Wildman–Crippen MR) is 51.1 cm³/mol. The zero-order valence-electron chi connectivity index (χ0n) is 7.99. The van der Waals surface area contributed by atoms with E-state index in [1.807, 2.05) is 6.08 Å². The van der Waals surface area contributed by atoms with Gasteiger partial charge in [0.05, 0.1) is 0 Å². The minimum atomic E-state index is -0.199. The van der Waals surface area contributed by atoms with E-state index in [-0.39, 0.29) is 36.3 Å². The van der Waals surface area contributed by atoms with Gasteiger partial charge in [-0.05, 0) is 36.8 Å². The van der Waals surface area contributed by atoms with Crippen molar-refractivity contribution in [3.8, 4) is 0 Å². The Morgan fingerprint density at radius 3 is 2.71 bits per heavy atom. The van der Waals surface area contributed by atoms with Crippen molar-refractivity contribution in [1.82, 2.24) is 0 Å². The summed E-state index contributed by atoms with van der Waals surface area (Å²) in [6.45, 7) is 0.208. The van der Waals surface area contributed by atoms with Crippen LogP contribution in [0, 0.1) is 17.3 Å². The monoisotopic (exact) mass is 198 g/mol. The number of aliphatic hydroxyl groups is 2. The maximum atomic E-state index is 12.7. The third-order valence-electron chi connectivity index (χ3n) is 3.59. The molecule has 2 rings (SSSR count). The second-order valence-electron chi connectivity index (χ2n) is 4.27. The summed E-state index contributed by atoms with van der Waals surface area (Å²) in [5, 5.41) is 18.3. The Hall–Kier alpha value is -0.670. The van der Waals surface area contributed by atoms with Gasteiger partial charge in [-0.2, -0.15) is 0 Å². The Morgan fingerprint density at radius 1 is 1.50 bits per heavy atom. The highest BCUT2D eigenvalue weighted by Gasteiger charge is 2.57. The number of allylic oxidation sites excluding steroid dienone is 4. The van der Waals surface area contributed by atoms with Gasteiger partial charge in [0.25, 0.3) is 0 Å². The van der Waals surface area contributed by atoms with Gasteiger partial charge in [0.1, 0.15) is 5.83 Å². The topological polar surface area (TPSA) is 40.5 Å². The summed E-state index contributed by atoms with van der Waals surface area (Å²) in [4.78, 5) is 0. The minimum absolute atomic E-state index is 0.0860. The van der Waals surface area contributed by atoms with Crippen molar-refractivity contribution >= 4 is 0 Å². The maximum Gasteiger partial charge on any atom is 0.118 e. The Kier molecular flexibility index (Phi) is 2.45. The van der Waals surface area contributed by atoms with E-state index >= 15 is 0 Å². The van der Waals surface area contributed by atoms with Gasteiger partial charge in [-0.25, -0.2) is 4.39 Å². The third-order valence-corrected chi connectivity index (χ3v) is 3.59. The van der Waals surface area contributed by atoms with Crippen molar-refractivity contribution in [1.29, 1.82) is 0 Å². The van der Waals surface area contributed by atoms with Crippen molar-refractivity contribution in [2.24, 2.45) is 17.3 Å². The zero-order chi connectivity index (χ0) is 10.2. The van der Waals surface area contributed by atoms with Gasteiger partial charge in [-0.15, -0.1) is 0 Å². The molecule has 0 aromatic heterocycles. The summed E-state index contributed by atoms with van der Waals surface area (Å²) >= 11 is 0. The van der Waals surface area contributed by atoms with E-state index in [0.717, 1.165) is 6.42 Å². The molecule has 0 aliphatic heterocycles. The van der Waals surface area contributed by atoms with E-state index in [1.54, 1.807) is 6.08 Å². The lowest BCUT2D eigenvalue weighted by molar-refractivity contribution is 0.140. The van der Waals surface area contributed by atoms with E-state index in [4.69, 9.17) is 5.11 Å². The second-order valence-corrected chi connectivity index (χ2v) is 4.27. The lowest BCUT2D eigenvalue weighted by Crippen LogP contribution is -2.22. The lowest BCUT2D eigenvalue weighted by Gasteiger charge is -2.24. The molecule has 1 unspecified atom stereocenters. The summed E-state index contributed by atoms with van der Waals surface area (Å²) < 4.78 is 12.7. The third kappa shape index (κ3) is 1.41. The molecule has 2 nitrogen and oxygen atoms in total. The first-order valence-electron chi connectivity index (χ1n) is 4.98. The molecule has 3 atom stereocenters. The zero-order valence-corrected chi connectivity index (χ0v) is 7.99. The average molecular weight is 198 g/mol.